The Morgan fingerprint density at radius 2 is 1.75 bits per heavy atom. The van der Waals surface area contributed by atoms with Crippen LogP contribution in [-0.4, -0.2) is 9.97 Å². The zero-order valence-electron chi connectivity index (χ0n) is 11.2. The molecule has 3 rings (SSSR count). The number of para-hydroxylation sites is 1. The van der Waals surface area contributed by atoms with Crippen molar-refractivity contribution in [2.75, 3.05) is 0 Å². The summed E-state index contributed by atoms with van der Waals surface area (Å²) in [6.07, 6.45) is 3.44. The van der Waals surface area contributed by atoms with Gasteiger partial charge in [0.1, 0.15) is 5.52 Å². The van der Waals surface area contributed by atoms with Crippen LogP contribution in [0.3, 0.4) is 0 Å². The average Bonchev–Trinajstić information content (AvgIpc) is 2.48. The van der Waals surface area contributed by atoms with E-state index in [-0.39, 0.29) is 6.04 Å². The molecule has 2 heterocycles. The Morgan fingerprint density at radius 1 is 1.00 bits per heavy atom. The second kappa shape index (κ2) is 5.27. The van der Waals surface area contributed by atoms with Crippen molar-refractivity contribution in [3.05, 3.63) is 60.4 Å². The molecule has 4 nitrogen and oxygen atoms in total. The molecule has 0 aliphatic carbocycles. The average molecular weight is 265 g/mol. The molecule has 0 amide bonds. The summed E-state index contributed by atoms with van der Waals surface area (Å²) in [5.41, 5.74) is 7.64. The van der Waals surface area contributed by atoms with Crippen molar-refractivity contribution in [2.45, 2.75) is 13.0 Å². The van der Waals surface area contributed by atoms with E-state index < -0.39 is 0 Å². The quantitative estimate of drug-likeness (QED) is 0.788. The first-order valence-corrected chi connectivity index (χ1v) is 6.48. The van der Waals surface area contributed by atoms with Crippen molar-refractivity contribution in [3.63, 3.8) is 0 Å². The number of nitrogens with zero attached hydrogens (tertiary/aromatic N) is 2. The topological polar surface area (TPSA) is 61.0 Å². The summed E-state index contributed by atoms with van der Waals surface area (Å²) in [5.74, 6) is 1.21. The van der Waals surface area contributed by atoms with E-state index in [0.29, 0.717) is 11.6 Å². The Bertz CT molecular complexity index is 735. The molecule has 0 spiro atoms. The molecule has 2 aromatic heterocycles. The molecule has 0 radical (unpaired) electrons. The van der Waals surface area contributed by atoms with Crippen LogP contribution in [-0.2, 0) is 0 Å². The van der Waals surface area contributed by atoms with Gasteiger partial charge in [-0.25, -0.2) is 4.98 Å². The van der Waals surface area contributed by atoms with E-state index in [9.17, 15) is 0 Å². The molecular formula is C16H15N3O. The van der Waals surface area contributed by atoms with Gasteiger partial charge >= 0.3 is 0 Å². The molecule has 100 valence electrons. The molecule has 3 aromatic rings. The maximum atomic E-state index is 5.95. The first kappa shape index (κ1) is 12.6. The Hall–Kier alpha value is -2.46. The van der Waals surface area contributed by atoms with Crippen LogP contribution in [0.25, 0.3) is 10.9 Å². The highest BCUT2D eigenvalue weighted by Crippen LogP contribution is 2.30. The summed E-state index contributed by atoms with van der Waals surface area (Å²) in [4.78, 5) is 8.64. The smallest absolute Gasteiger partial charge is 0.224 e. The third-order valence-electron chi connectivity index (χ3n) is 3.09. The molecular weight excluding hydrogens is 250 g/mol. The minimum absolute atomic E-state index is 0.137. The summed E-state index contributed by atoms with van der Waals surface area (Å²) < 4.78 is 5.93. The van der Waals surface area contributed by atoms with Gasteiger partial charge in [0, 0.05) is 29.4 Å². The van der Waals surface area contributed by atoms with Gasteiger partial charge in [-0.2, -0.15) is 0 Å². The van der Waals surface area contributed by atoms with Gasteiger partial charge in [0.05, 0.1) is 0 Å². The predicted molar refractivity (Wildman–Crippen MR) is 78.7 cm³/mol. The van der Waals surface area contributed by atoms with Crippen molar-refractivity contribution >= 4 is 10.9 Å². The SMILES string of the molecule is C[C@@H](N)c1cccnc1Oc1cccc2cccnc12. The third kappa shape index (κ3) is 2.33. The van der Waals surface area contributed by atoms with Gasteiger partial charge in [-0.15, -0.1) is 0 Å². The number of nitrogens with two attached hydrogens (primary N) is 1. The first-order chi connectivity index (χ1) is 9.75. The van der Waals surface area contributed by atoms with Crippen LogP contribution < -0.4 is 10.5 Å². The fraction of sp³-hybridized carbons (Fsp3) is 0.125. The van der Waals surface area contributed by atoms with Crippen LogP contribution in [0, 0.1) is 0 Å². The fourth-order valence-electron chi connectivity index (χ4n) is 2.10. The molecule has 1 atom stereocenters. The molecule has 0 bridgehead atoms. The van der Waals surface area contributed by atoms with E-state index in [2.05, 4.69) is 9.97 Å². The van der Waals surface area contributed by atoms with E-state index in [1.807, 2.05) is 49.4 Å². The number of hydrogen-bond acceptors (Lipinski definition) is 4. The van der Waals surface area contributed by atoms with Gasteiger partial charge in [0.15, 0.2) is 5.75 Å². The number of benzene rings is 1. The van der Waals surface area contributed by atoms with Crippen molar-refractivity contribution in [3.8, 4) is 11.6 Å². The predicted octanol–water partition coefficient (Wildman–Crippen LogP) is 3.44. The normalized spacial score (nSPS) is 12.3. The van der Waals surface area contributed by atoms with Crippen LogP contribution in [0.2, 0.25) is 0 Å². The van der Waals surface area contributed by atoms with E-state index >= 15 is 0 Å². The summed E-state index contributed by atoms with van der Waals surface area (Å²) in [7, 11) is 0. The molecule has 0 aliphatic heterocycles. The number of fused-ring (bicyclic) bond motifs is 1. The van der Waals surface area contributed by atoms with E-state index in [1.54, 1.807) is 12.4 Å². The van der Waals surface area contributed by atoms with Crippen LogP contribution in [0.1, 0.15) is 18.5 Å². The molecule has 0 saturated carbocycles. The van der Waals surface area contributed by atoms with Crippen LogP contribution in [0.5, 0.6) is 11.6 Å². The Labute approximate surface area is 117 Å². The number of ether oxygens (including phenoxy) is 1. The lowest BCUT2D eigenvalue weighted by Crippen LogP contribution is -2.07. The highest BCUT2D eigenvalue weighted by Gasteiger charge is 2.11. The molecule has 0 fully saturated rings. The van der Waals surface area contributed by atoms with Crippen molar-refractivity contribution in [1.29, 1.82) is 0 Å². The van der Waals surface area contributed by atoms with Crippen molar-refractivity contribution < 1.29 is 4.74 Å². The first-order valence-electron chi connectivity index (χ1n) is 6.48. The van der Waals surface area contributed by atoms with Gasteiger partial charge in [-0.1, -0.05) is 24.3 Å². The highest BCUT2D eigenvalue weighted by atomic mass is 16.5. The Balaban J connectivity index is 2.06. The lowest BCUT2D eigenvalue weighted by atomic mass is 10.1. The standard InChI is InChI=1S/C16H15N3O/c1-11(17)13-7-4-10-19-16(13)20-14-8-2-5-12-6-3-9-18-15(12)14/h2-11H,17H2,1H3/t11-/m1/s1. The minimum Gasteiger partial charge on any atom is -0.436 e. The lowest BCUT2D eigenvalue weighted by molar-refractivity contribution is 0.456. The number of pyridine rings is 2. The molecule has 0 aliphatic rings. The largest absolute Gasteiger partial charge is 0.436 e. The fourth-order valence-corrected chi connectivity index (χ4v) is 2.10. The van der Waals surface area contributed by atoms with Crippen LogP contribution >= 0.6 is 0 Å². The Kier molecular flexibility index (Phi) is 3.31. The van der Waals surface area contributed by atoms with Crippen molar-refractivity contribution in [1.82, 2.24) is 9.97 Å². The minimum atomic E-state index is -0.137. The monoisotopic (exact) mass is 265 g/mol. The molecule has 2 N–H and O–H groups in total. The third-order valence-corrected chi connectivity index (χ3v) is 3.09. The van der Waals surface area contributed by atoms with Gasteiger partial charge in [0.2, 0.25) is 5.88 Å². The highest BCUT2D eigenvalue weighted by molar-refractivity contribution is 5.84. The molecule has 1 aromatic carbocycles. The number of hydrogen-bond donors (Lipinski definition) is 1. The molecule has 20 heavy (non-hydrogen) atoms. The lowest BCUT2D eigenvalue weighted by Gasteiger charge is -2.13. The summed E-state index contributed by atoms with van der Waals surface area (Å²) >= 11 is 0. The number of rotatable bonds is 3. The molecule has 4 heteroatoms. The Morgan fingerprint density at radius 3 is 2.60 bits per heavy atom. The van der Waals surface area contributed by atoms with Gasteiger partial charge in [-0.3, -0.25) is 4.98 Å². The zero-order valence-corrected chi connectivity index (χ0v) is 11.2. The summed E-state index contributed by atoms with van der Waals surface area (Å²) in [6.45, 7) is 1.91. The van der Waals surface area contributed by atoms with Gasteiger partial charge < -0.3 is 10.5 Å². The second-order valence-corrected chi connectivity index (χ2v) is 4.62. The van der Waals surface area contributed by atoms with E-state index in [1.165, 1.54) is 0 Å². The molecule has 0 unspecified atom stereocenters. The van der Waals surface area contributed by atoms with E-state index in [4.69, 9.17) is 10.5 Å². The molecule has 0 saturated heterocycles. The maximum Gasteiger partial charge on any atom is 0.224 e. The second-order valence-electron chi connectivity index (χ2n) is 4.62. The van der Waals surface area contributed by atoms with Crippen LogP contribution in [0.4, 0.5) is 0 Å². The van der Waals surface area contributed by atoms with Gasteiger partial charge in [-0.05, 0) is 25.1 Å². The maximum absolute atomic E-state index is 5.95. The van der Waals surface area contributed by atoms with E-state index in [0.717, 1.165) is 16.5 Å². The summed E-state index contributed by atoms with van der Waals surface area (Å²) in [6, 6.07) is 13.4. The number of aromatic nitrogens is 2. The van der Waals surface area contributed by atoms with Crippen LogP contribution in [0.15, 0.2) is 54.9 Å². The van der Waals surface area contributed by atoms with Gasteiger partial charge in [0.25, 0.3) is 0 Å². The summed E-state index contributed by atoms with van der Waals surface area (Å²) in [5, 5.41) is 1.03. The zero-order chi connectivity index (χ0) is 13.9. The van der Waals surface area contributed by atoms with Crippen molar-refractivity contribution in [2.24, 2.45) is 5.73 Å².